The van der Waals surface area contributed by atoms with E-state index in [2.05, 4.69) is 10.3 Å². The largest absolute Gasteiger partial charge is 0.376 e. The van der Waals surface area contributed by atoms with Crippen LogP contribution in [-0.4, -0.2) is 54.5 Å². The Balaban J connectivity index is 2.11. The predicted octanol–water partition coefficient (Wildman–Crippen LogP) is 1.54. The molecule has 1 N–H and O–H groups in total. The van der Waals surface area contributed by atoms with Gasteiger partial charge < -0.3 is 15.0 Å². The minimum Gasteiger partial charge on any atom is -0.376 e. The summed E-state index contributed by atoms with van der Waals surface area (Å²) in [7, 11) is 3.29. The summed E-state index contributed by atoms with van der Waals surface area (Å²) in [5.41, 5.74) is 0.915. The highest BCUT2D eigenvalue weighted by Gasteiger charge is 2.37. The molecule has 0 bridgehead atoms. The fourth-order valence-corrected chi connectivity index (χ4v) is 3.09. The number of hydrogen-bond donors (Lipinski definition) is 1. The topological polar surface area (TPSA) is 71.5 Å². The van der Waals surface area contributed by atoms with Crippen molar-refractivity contribution in [2.24, 2.45) is 0 Å². The Morgan fingerprint density at radius 2 is 2.26 bits per heavy atom. The van der Waals surface area contributed by atoms with Gasteiger partial charge in [0.05, 0.1) is 11.2 Å². The second-order valence-electron chi connectivity index (χ2n) is 6.03. The average Bonchev–Trinajstić information content (AvgIpc) is 2.59. The van der Waals surface area contributed by atoms with Crippen molar-refractivity contribution in [1.29, 1.82) is 0 Å². The highest BCUT2D eigenvalue weighted by molar-refractivity contribution is 5.95. The number of aromatic nitrogens is 1. The molecule has 1 saturated heterocycles. The SMILES string of the molecule is CNC(=O)CC[C@]1(OC)CCCN(C(=O)c2cccnc2C)C1. The van der Waals surface area contributed by atoms with Crippen LogP contribution in [0.5, 0.6) is 0 Å². The summed E-state index contributed by atoms with van der Waals surface area (Å²) in [6, 6.07) is 3.58. The molecule has 2 rings (SSSR count). The number of aryl methyl sites for hydroxylation is 1. The Bertz CT molecular complexity index is 576. The van der Waals surface area contributed by atoms with Crippen LogP contribution in [0, 0.1) is 6.92 Å². The third-order valence-electron chi connectivity index (χ3n) is 4.58. The second kappa shape index (κ2) is 7.55. The number of likely N-dealkylation sites (tertiary alicyclic amines) is 1. The Labute approximate surface area is 137 Å². The summed E-state index contributed by atoms with van der Waals surface area (Å²) in [5.74, 6) is -0.0235. The zero-order valence-corrected chi connectivity index (χ0v) is 14.1. The number of carbonyl (C=O) groups excluding carboxylic acids is 2. The first-order valence-corrected chi connectivity index (χ1v) is 7.98. The van der Waals surface area contributed by atoms with Gasteiger partial charge in [0.2, 0.25) is 5.91 Å². The van der Waals surface area contributed by atoms with Gasteiger partial charge in [0.15, 0.2) is 0 Å². The van der Waals surface area contributed by atoms with Gasteiger partial charge in [-0.2, -0.15) is 0 Å². The Hall–Kier alpha value is -1.95. The van der Waals surface area contributed by atoms with Crippen molar-refractivity contribution in [2.75, 3.05) is 27.2 Å². The number of ether oxygens (including phenoxy) is 1. The lowest BCUT2D eigenvalue weighted by molar-refractivity contribution is -0.123. The Kier molecular flexibility index (Phi) is 5.71. The minimum atomic E-state index is -0.448. The van der Waals surface area contributed by atoms with Gasteiger partial charge in [-0.05, 0) is 38.3 Å². The fourth-order valence-electron chi connectivity index (χ4n) is 3.09. The number of nitrogens with one attached hydrogen (secondary N) is 1. The van der Waals surface area contributed by atoms with E-state index in [4.69, 9.17) is 4.74 Å². The van der Waals surface area contributed by atoms with Crippen LogP contribution in [0.1, 0.15) is 41.7 Å². The first kappa shape index (κ1) is 17.4. The van der Waals surface area contributed by atoms with Gasteiger partial charge in [-0.25, -0.2) is 0 Å². The third-order valence-corrected chi connectivity index (χ3v) is 4.58. The zero-order valence-electron chi connectivity index (χ0n) is 14.1. The van der Waals surface area contributed by atoms with Gasteiger partial charge >= 0.3 is 0 Å². The standard InChI is InChI=1S/C17H25N3O3/c1-13-14(6-4-10-19-13)16(22)20-11-5-8-17(12-20,23-3)9-7-15(21)18-2/h4,6,10H,5,7-9,11-12H2,1-3H3,(H,18,21)/t17-/m1/s1. The zero-order chi connectivity index (χ0) is 16.9. The lowest BCUT2D eigenvalue weighted by atomic mass is 9.87. The quantitative estimate of drug-likeness (QED) is 0.893. The average molecular weight is 319 g/mol. The molecule has 2 heterocycles. The molecular weight excluding hydrogens is 294 g/mol. The van der Waals surface area contributed by atoms with Gasteiger partial charge in [0, 0.05) is 45.6 Å². The van der Waals surface area contributed by atoms with Gasteiger partial charge in [-0.15, -0.1) is 0 Å². The molecule has 126 valence electrons. The lowest BCUT2D eigenvalue weighted by Crippen LogP contribution is -2.51. The van der Waals surface area contributed by atoms with E-state index in [1.54, 1.807) is 32.5 Å². The van der Waals surface area contributed by atoms with Crippen molar-refractivity contribution >= 4 is 11.8 Å². The molecule has 1 aromatic heterocycles. The maximum atomic E-state index is 12.8. The molecule has 2 amide bonds. The van der Waals surface area contributed by atoms with E-state index < -0.39 is 5.60 Å². The van der Waals surface area contributed by atoms with E-state index in [1.807, 2.05) is 11.8 Å². The first-order valence-electron chi connectivity index (χ1n) is 7.98. The van der Waals surface area contributed by atoms with Gasteiger partial charge in [0.25, 0.3) is 5.91 Å². The molecule has 1 atom stereocenters. The number of piperidine rings is 1. The summed E-state index contributed by atoms with van der Waals surface area (Å²) in [4.78, 5) is 30.3. The first-order chi connectivity index (χ1) is 11.0. The number of rotatable bonds is 5. The van der Waals surface area contributed by atoms with Crippen molar-refractivity contribution in [3.8, 4) is 0 Å². The van der Waals surface area contributed by atoms with E-state index in [-0.39, 0.29) is 11.8 Å². The molecule has 6 nitrogen and oxygen atoms in total. The molecule has 0 unspecified atom stereocenters. The van der Waals surface area contributed by atoms with E-state index >= 15 is 0 Å². The minimum absolute atomic E-state index is 0.00650. The van der Waals surface area contributed by atoms with Crippen LogP contribution in [0.25, 0.3) is 0 Å². The predicted molar refractivity (Wildman–Crippen MR) is 87.2 cm³/mol. The maximum absolute atomic E-state index is 12.8. The van der Waals surface area contributed by atoms with Crippen molar-refractivity contribution in [1.82, 2.24) is 15.2 Å². The molecular formula is C17H25N3O3. The number of pyridine rings is 1. The number of methoxy groups -OCH3 is 1. The monoisotopic (exact) mass is 319 g/mol. The molecule has 0 aliphatic carbocycles. The number of hydrogen-bond acceptors (Lipinski definition) is 4. The summed E-state index contributed by atoms with van der Waals surface area (Å²) in [5, 5.41) is 2.63. The van der Waals surface area contributed by atoms with Crippen molar-refractivity contribution in [3.63, 3.8) is 0 Å². The smallest absolute Gasteiger partial charge is 0.255 e. The molecule has 1 fully saturated rings. The molecule has 0 radical (unpaired) electrons. The molecule has 23 heavy (non-hydrogen) atoms. The van der Waals surface area contributed by atoms with Crippen LogP contribution >= 0.6 is 0 Å². The van der Waals surface area contributed by atoms with E-state index in [0.717, 1.165) is 18.5 Å². The van der Waals surface area contributed by atoms with Crippen LogP contribution in [0.3, 0.4) is 0 Å². The molecule has 1 aliphatic rings. The molecule has 1 aliphatic heterocycles. The summed E-state index contributed by atoms with van der Waals surface area (Å²) < 4.78 is 5.73. The summed E-state index contributed by atoms with van der Waals surface area (Å²) in [6.45, 7) is 3.05. The van der Waals surface area contributed by atoms with Crippen LogP contribution < -0.4 is 5.32 Å². The molecule has 0 saturated carbocycles. The fraction of sp³-hybridized carbons (Fsp3) is 0.588. The number of amides is 2. The van der Waals surface area contributed by atoms with Crippen molar-refractivity contribution in [3.05, 3.63) is 29.6 Å². The van der Waals surface area contributed by atoms with Crippen LogP contribution in [0.2, 0.25) is 0 Å². The summed E-state index contributed by atoms with van der Waals surface area (Å²) >= 11 is 0. The highest BCUT2D eigenvalue weighted by Crippen LogP contribution is 2.30. The van der Waals surface area contributed by atoms with Crippen molar-refractivity contribution in [2.45, 2.75) is 38.2 Å². The Morgan fingerprint density at radius 1 is 1.48 bits per heavy atom. The van der Waals surface area contributed by atoms with E-state index in [1.165, 1.54) is 0 Å². The van der Waals surface area contributed by atoms with Crippen LogP contribution in [0.15, 0.2) is 18.3 Å². The number of nitrogens with zero attached hydrogens (tertiary/aromatic N) is 2. The van der Waals surface area contributed by atoms with E-state index in [0.29, 0.717) is 31.5 Å². The van der Waals surface area contributed by atoms with Gasteiger partial charge in [0.1, 0.15) is 0 Å². The summed E-state index contributed by atoms with van der Waals surface area (Å²) in [6.07, 6.45) is 4.42. The normalized spacial score (nSPS) is 21.1. The van der Waals surface area contributed by atoms with Gasteiger partial charge in [-0.3, -0.25) is 14.6 Å². The van der Waals surface area contributed by atoms with E-state index in [9.17, 15) is 9.59 Å². The van der Waals surface area contributed by atoms with Crippen molar-refractivity contribution < 1.29 is 14.3 Å². The molecule has 6 heteroatoms. The molecule has 1 aromatic rings. The van der Waals surface area contributed by atoms with Crippen LogP contribution in [0.4, 0.5) is 0 Å². The number of carbonyl (C=O) groups is 2. The third kappa shape index (κ3) is 4.07. The molecule has 0 aromatic carbocycles. The molecule has 0 spiro atoms. The van der Waals surface area contributed by atoms with Gasteiger partial charge in [-0.1, -0.05) is 0 Å². The maximum Gasteiger partial charge on any atom is 0.255 e. The lowest BCUT2D eigenvalue weighted by Gasteiger charge is -2.42. The van der Waals surface area contributed by atoms with Crippen LogP contribution in [-0.2, 0) is 9.53 Å². The second-order valence-corrected chi connectivity index (χ2v) is 6.03. The Morgan fingerprint density at radius 3 is 2.91 bits per heavy atom. The highest BCUT2D eigenvalue weighted by atomic mass is 16.5.